The first-order valence-electron chi connectivity index (χ1n) is 9.99. The Morgan fingerprint density at radius 1 is 0.846 bits per heavy atom. The van der Waals surface area contributed by atoms with Crippen LogP contribution >= 0.6 is 0 Å². The van der Waals surface area contributed by atoms with E-state index in [1.165, 1.54) is 39.0 Å². The van der Waals surface area contributed by atoms with Crippen LogP contribution in [0, 0.1) is 0 Å². The predicted octanol–water partition coefficient (Wildman–Crippen LogP) is 7.69. The van der Waals surface area contributed by atoms with Crippen LogP contribution in [0.4, 0.5) is 0 Å². The largest absolute Gasteiger partial charge is 0.0651 e. The second kappa shape index (κ2) is 6.41. The number of hydrogen-bond donors (Lipinski definition) is 0. The lowest BCUT2D eigenvalue weighted by atomic mass is 9.78. The second-order valence-corrected chi connectivity index (χ2v) is 9.93. The standard InChI is InChI=1S/C26H34/c1-9-22-17(2)13-18-11-10-12-23(24(18)22)19-14-20(25(3,4)5)16-21(15-19)26(6,7)8/h10-12,14-16H,9,13H2,1-8H3. The molecule has 0 aromatic heterocycles. The van der Waals surface area contributed by atoms with E-state index in [-0.39, 0.29) is 10.8 Å². The average molecular weight is 347 g/mol. The zero-order valence-corrected chi connectivity index (χ0v) is 17.9. The summed E-state index contributed by atoms with van der Waals surface area (Å²) in [6, 6.07) is 14.1. The molecule has 0 nitrogen and oxygen atoms in total. The summed E-state index contributed by atoms with van der Waals surface area (Å²) < 4.78 is 0. The van der Waals surface area contributed by atoms with Gasteiger partial charge in [-0.2, -0.15) is 0 Å². The number of benzene rings is 2. The predicted molar refractivity (Wildman–Crippen MR) is 116 cm³/mol. The third-order valence-corrected chi connectivity index (χ3v) is 5.75. The molecule has 0 amide bonds. The van der Waals surface area contributed by atoms with Crippen LogP contribution < -0.4 is 0 Å². The molecule has 0 saturated heterocycles. The minimum Gasteiger partial charge on any atom is -0.0651 e. The van der Waals surface area contributed by atoms with E-state index in [1.807, 2.05) is 0 Å². The van der Waals surface area contributed by atoms with Crippen molar-refractivity contribution in [3.05, 3.63) is 64.2 Å². The van der Waals surface area contributed by atoms with Crippen LogP contribution in [0.5, 0.6) is 0 Å². The van der Waals surface area contributed by atoms with Gasteiger partial charge in [0.25, 0.3) is 0 Å². The number of fused-ring (bicyclic) bond motifs is 1. The van der Waals surface area contributed by atoms with Crippen LogP contribution in [-0.2, 0) is 17.3 Å². The van der Waals surface area contributed by atoms with Crippen molar-refractivity contribution in [3.63, 3.8) is 0 Å². The summed E-state index contributed by atoms with van der Waals surface area (Å²) in [4.78, 5) is 0. The molecule has 2 aromatic carbocycles. The van der Waals surface area contributed by atoms with E-state index in [1.54, 1.807) is 5.57 Å². The molecular formula is C26H34. The van der Waals surface area contributed by atoms with Crippen LogP contribution in [0.15, 0.2) is 42.0 Å². The fourth-order valence-electron chi connectivity index (χ4n) is 4.08. The number of allylic oxidation sites excluding steroid dienone is 2. The van der Waals surface area contributed by atoms with Gasteiger partial charge in [-0.25, -0.2) is 0 Å². The van der Waals surface area contributed by atoms with E-state index in [0.29, 0.717) is 0 Å². The molecule has 0 bridgehead atoms. The monoisotopic (exact) mass is 346 g/mol. The summed E-state index contributed by atoms with van der Waals surface area (Å²) in [5.74, 6) is 0. The van der Waals surface area contributed by atoms with Crippen LogP contribution in [0.2, 0.25) is 0 Å². The van der Waals surface area contributed by atoms with E-state index < -0.39 is 0 Å². The van der Waals surface area contributed by atoms with Crippen molar-refractivity contribution in [2.75, 3.05) is 0 Å². The Morgan fingerprint density at radius 3 is 1.92 bits per heavy atom. The van der Waals surface area contributed by atoms with Gasteiger partial charge in [0.05, 0.1) is 0 Å². The lowest BCUT2D eigenvalue weighted by Gasteiger charge is -2.27. The molecule has 138 valence electrons. The molecule has 1 aliphatic carbocycles. The second-order valence-electron chi connectivity index (χ2n) is 9.93. The SMILES string of the molecule is CCC1=C(C)Cc2cccc(-c3cc(C(C)(C)C)cc(C(C)(C)C)c3)c21. The van der Waals surface area contributed by atoms with Gasteiger partial charge in [0.2, 0.25) is 0 Å². The molecule has 3 rings (SSSR count). The molecule has 26 heavy (non-hydrogen) atoms. The Kier molecular flexibility index (Phi) is 4.67. The zero-order valence-electron chi connectivity index (χ0n) is 17.9. The Balaban J connectivity index is 2.28. The third-order valence-electron chi connectivity index (χ3n) is 5.75. The highest BCUT2D eigenvalue weighted by molar-refractivity contribution is 5.87. The fraction of sp³-hybridized carbons (Fsp3) is 0.462. The van der Waals surface area contributed by atoms with Gasteiger partial charge in [0.15, 0.2) is 0 Å². The highest BCUT2D eigenvalue weighted by atomic mass is 14.3. The molecular weight excluding hydrogens is 312 g/mol. The summed E-state index contributed by atoms with van der Waals surface area (Å²) >= 11 is 0. The van der Waals surface area contributed by atoms with Crippen LogP contribution in [-0.4, -0.2) is 0 Å². The maximum Gasteiger partial charge on any atom is -0.00576 e. The Morgan fingerprint density at radius 2 is 1.42 bits per heavy atom. The molecule has 0 heterocycles. The van der Waals surface area contributed by atoms with E-state index in [0.717, 1.165) is 12.8 Å². The minimum absolute atomic E-state index is 0.146. The normalized spacial score (nSPS) is 14.8. The summed E-state index contributed by atoms with van der Waals surface area (Å²) in [6.45, 7) is 18.5. The smallest absolute Gasteiger partial charge is 0.00576 e. The van der Waals surface area contributed by atoms with Gasteiger partial charge < -0.3 is 0 Å². The molecule has 0 spiro atoms. The maximum absolute atomic E-state index is 2.42. The number of hydrogen-bond acceptors (Lipinski definition) is 0. The van der Waals surface area contributed by atoms with Gasteiger partial charge in [-0.3, -0.25) is 0 Å². The molecule has 2 aromatic rings. The molecule has 0 unspecified atom stereocenters. The molecule has 0 N–H and O–H groups in total. The van der Waals surface area contributed by atoms with Crippen LogP contribution in [0.25, 0.3) is 16.7 Å². The van der Waals surface area contributed by atoms with Crippen molar-refractivity contribution in [3.8, 4) is 11.1 Å². The Hall–Kier alpha value is -1.82. The van der Waals surface area contributed by atoms with E-state index >= 15 is 0 Å². The van der Waals surface area contributed by atoms with Crippen molar-refractivity contribution in [1.82, 2.24) is 0 Å². The van der Waals surface area contributed by atoms with Crippen molar-refractivity contribution in [2.24, 2.45) is 0 Å². The topological polar surface area (TPSA) is 0 Å². The molecule has 0 radical (unpaired) electrons. The van der Waals surface area contributed by atoms with Crippen LogP contribution in [0.1, 0.15) is 84.1 Å². The molecule has 0 aliphatic heterocycles. The Labute approximate surface area is 160 Å². The maximum atomic E-state index is 2.42. The Bertz CT molecular complexity index is 832. The van der Waals surface area contributed by atoms with Crippen molar-refractivity contribution < 1.29 is 0 Å². The summed E-state index contributed by atoms with van der Waals surface area (Å²) in [6.07, 6.45) is 2.22. The van der Waals surface area contributed by atoms with Crippen LogP contribution in [0.3, 0.4) is 0 Å². The quantitative estimate of drug-likeness (QED) is 0.523. The van der Waals surface area contributed by atoms with E-state index in [9.17, 15) is 0 Å². The van der Waals surface area contributed by atoms with E-state index in [2.05, 4.69) is 91.8 Å². The number of rotatable bonds is 2. The molecule has 0 saturated carbocycles. The van der Waals surface area contributed by atoms with Gasteiger partial charge in [0, 0.05) is 0 Å². The van der Waals surface area contributed by atoms with Crippen molar-refractivity contribution in [2.45, 2.75) is 79.1 Å². The third kappa shape index (κ3) is 3.39. The molecule has 0 fully saturated rings. The molecule has 1 aliphatic rings. The van der Waals surface area contributed by atoms with Gasteiger partial charge in [-0.1, -0.05) is 90.4 Å². The highest BCUT2D eigenvalue weighted by Crippen LogP contribution is 2.42. The molecule has 0 heteroatoms. The lowest BCUT2D eigenvalue weighted by Crippen LogP contribution is -2.16. The first kappa shape index (κ1) is 19.0. The average Bonchev–Trinajstić information content (AvgIpc) is 2.87. The minimum atomic E-state index is 0.146. The summed E-state index contributed by atoms with van der Waals surface area (Å²) in [5.41, 5.74) is 12.0. The molecule has 0 atom stereocenters. The highest BCUT2D eigenvalue weighted by Gasteiger charge is 2.24. The summed E-state index contributed by atoms with van der Waals surface area (Å²) in [5, 5.41) is 0. The van der Waals surface area contributed by atoms with Gasteiger partial charge in [-0.05, 0) is 69.5 Å². The van der Waals surface area contributed by atoms with E-state index in [4.69, 9.17) is 0 Å². The van der Waals surface area contributed by atoms with Gasteiger partial charge >= 0.3 is 0 Å². The first-order valence-corrected chi connectivity index (χ1v) is 9.99. The lowest BCUT2D eigenvalue weighted by molar-refractivity contribution is 0.569. The fourth-order valence-corrected chi connectivity index (χ4v) is 4.08. The summed E-state index contributed by atoms with van der Waals surface area (Å²) in [7, 11) is 0. The van der Waals surface area contributed by atoms with Crippen molar-refractivity contribution >= 4 is 5.57 Å². The van der Waals surface area contributed by atoms with Crippen molar-refractivity contribution in [1.29, 1.82) is 0 Å². The van der Waals surface area contributed by atoms with Gasteiger partial charge in [-0.15, -0.1) is 0 Å². The first-order chi connectivity index (χ1) is 12.0. The zero-order chi connectivity index (χ0) is 19.3. The van der Waals surface area contributed by atoms with Gasteiger partial charge in [0.1, 0.15) is 0 Å².